The second-order valence-electron chi connectivity index (χ2n) is 6.04. The molecular formula is C17H21IN4OS. The molecule has 0 unspecified atom stereocenters. The third kappa shape index (κ3) is 4.50. The van der Waals surface area contributed by atoms with Crippen LogP contribution in [0.3, 0.4) is 0 Å². The third-order valence-corrected chi connectivity index (χ3v) is 5.90. The second kappa shape index (κ2) is 8.33. The fourth-order valence-electron chi connectivity index (χ4n) is 3.07. The lowest BCUT2D eigenvalue weighted by molar-refractivity contribution is -0.113. The van der Waals surface area contributed by atoms with Crippen LogP contribution in [0.5, 0.6) is 0 Å². The van der Waals surface area contributed by atoms with E-state index in [9.17, 15) is 4.79 Å². The first-order chi connectivity index (χ1) is 11.6. The molecule has 1 N–H and O–H groups in total. The van der Waals surface area contributed by atoms with Gasteiger partial charge in [0.15, 0.2) is 5.16 Å². The summed E-state index contributed by atoms with van der Waals surface area (Å²) in [6.07, 6.45) is 6.21. The monoisotopic (exact) mass is 456 g/mol. The van der Waals surface area contributed by atoms with Crippen molar-refractivity contribution in [1.29, 1.82) is 0 Å². The minimum Gasteiger partial charge on any atom is -0.325 e. The predicted molar refractivity (Wildman–Crippen MR) is 105 cm³/mol. The molecule has 5 nitrogen and oxygen atoms in total. The molecule has 128 valence electrons. The summed E-state index contributed by atoms with van der Waals surface area (Å²) in [6.45, 7) is 2.00. The van der Waals surface area contributed by atoms with E-state index in [0.717, 1.165) is 20.2 Å². The van der Waals surface area contributed by atoms with E-state index in [1.165, 1.54) is 43.9 Å². The zero-order valence-electron chi connectivity index (χ0n) is 13.7. The number of aromatic nitrogens is 3. The van der Waals surface area contributed by atoms with Crippen molar-refractivity contribution in [1.82, 2.24) is 14.8 Å². The summed E-state index contributed by atoms with van der Waals surface area (Å²) < 4.78 is 3.37. The van der Waals surface area contributed by atoms with Gasteiger partial charge < -0.3 is 9.88 Å². The van der Waals surface area contributed by atoms with Crippen molar-refractivity contribution in [2.24, 2.45) is 0 Å². The van der Waals surface area contributed by atoms with Gasteiger partial charge >= 0.3 is 0 Å². The van der Waals surface area contributed by atoms with E-state index in [2.05, 4.69) is 42.7 Å². The lowest BCUT2D eigenvalue weighted by Gasteiger charge is -2.24. The smallest absolute Gasteiger partial charge is 0.234 e. The van der Waals surface area contributed by atoms with E-state index in [1.807, 2.05) is 31.2 Å². The van der Waals surface area contributed by atoms with Gasteiger partial charge in [-0.25, -0.2) is 0 Å². The Kier molecular flexibility index (Phi) is 6.15. The van der Waals surface area contributed by atoms with Gasteiger partial charge in [0.2, 0.25) is 5.91 Å². The largest absolute Gasteiger partial charge is 0.325 e. The number of nitrogens with one attached hydrogen (secondary N) is 1. The van der Waals surface area contributed by atoms with Crippen LogP contribution < -0.4 is 5.32 Å². The fourth-order valence-corrected chi connectivity index (χ4v) is 4.28. The summed E-state index contributed by atoms with van der Waals surface area (Å²) in [5, 5.41) is 12.3. The molecule has 0 atom stereocenters. The molecule has 1 aromatic carbocycles. The predicted octanol–water partition coefficient (Wildman–Crippen LogP) is 4.43. The number of aryl methyl sites for hydroxylation is 1. The van der Waals surface area contributed by atoms with Gasteiger partial charge in [0.05, 0.1) is 5.75 Å². The van der Waals surface area contributed by atoms with Crippen LogP contribution >= 0.6 is 34.4 Å². The maximum atomic E-state index is 12.2. The molecule has 0 radical (unpaired) electrons. The highest BCUT2D eigenvalue weighted by molar-refractivity contribution is 14.1. The van der Waals surface area contributed by atoms with E-state index in [0.29, 0.717) is 11.8 Å². The molecule has 1 aromatic heterocycles. The number of hydrogen-bond acceptors (Lipinski definition) is 4. The van der Waals surface area contributed by atoms with Gasteiger partial charge in [-0.15, -0.1) is 10.2 Å². The number of anilines is 1. The highest BCUT2D eigenvalue weighted by atomic mass is 127. The van der Waals surface area contributed by atoms with Gasteiger partial charge in [-0.2, -0.15) is 0 Å². The molecule has 0 spiro atoms. The average molecular weight is 456 g/mol. The molecule has 0 aliphatic heterocycles. The van der Waals surface area contributed by atoms with Gasteiger partial charge in [-0.3, -0.25) is 4.79 Å². The van der Waals surface area contributed by atoms with E-state index >= 15 is 0 Å². The van der Waals surface area contributed by atoms with Crippen molar-refractivity contribution in [3.63, 3.8) is 0 Å². The van der Waals surface area contributed by atoms with Crippen LogP contribution in [0.25, 0.3) is 0 Å². The fraction of sp³-hybridized carbons (Fsp3) is 0.471. The molecule has 3 rings (SSSR count). The maximum absolute atomic E-state index is 12.2. The Morgan fingerprint density at radius 3 is 2.67 bits per heavy atom. The van der Waals surface area contributed by atoms with Gasteiger partial charge in [0.1, 0.15) is 5.82 Å². The molecule has 1 aliphatic carbocycles. The summed E-state index contributed by atoms with van der Waals surface area (Å²) in [5.74, 6) is 1.27. The summed E-state index contributed by atoms with van der Waals surface area (Å²) >= 11 is 3.71. The molecule has 0 saturated heterocycles. The molecule has 1 fully saturated rings. The highest BCUT2D eigenvalue weighted by Gasteiger charge is 2.21. The summed E-state index contributed by atoms with van der Waals surface area (Å²) in [6, 6.07) is 8.27. The number of nitrogens with zero attached hydrogens (tertiary/aromatic N) is 3. The number of thioether (sulfide) groups is 1. The Morgan fingerprint density at radius 2 is 1.96 bits per heavy atom. The molecule has 1 saturated carbocycles. The Balaban J connectivity index is 1.60. The molecule has 1 amide bonds. The molecule has 7 heteroatoms. The minimum absolute atomic E-state index is 0.0166. The number of carbonyl (C=O) groups excluding carboxylic acids is 1. The lowest BCUT2D eigenvalue weighted by atomic mass is 9.95. The van der Waals surface area contributed by atoms with Gasteiger partial charge in [-0.05, 0) is 66.6 Å². The van der Waals surface area contributed by atoms with Crippen LogP contribution in [0.1, 0.15) is 44.0 Å². The lowest BCUT2D eigenvalue weighted by Crippen LogP contribution is -2.17. The van der Waals surface area contributed by atoms with E-state index in [-0.39, 0.29) is 5.91 Å². The van der Waals surface area contributed by atoms with E-state index in [4.69, 9.17) is 0 Å². The van der Waals surface area contributed by atoms with Crippen LogP contribution in [0.2, 0.25) is 0 Å². The molecule has 24 heavy (non-hydrogen) atoms. The van der Waals surface area contributed by atoms with E-state index in [1.54, 1.807) is 0 Å². The standard InChI is InChI=1S/C17H21IN4OS/c1-12-20-21-17(22(12)15-5-3-2-4-6-15)24-11-16(23)19-14-9-7-13(18)8-10-14/h7-10,15H,2-6,11H2,1H3,(H,19,23). The SMILES string of the molecule is Cc1nnc(SCC(=O)Nc2ccc(I)cc2)n1C1CCCCC1. The van der Waals surface area contributed by atoms with Crippen LogP contribution in [0.4, 0.5) is 5.69 Å². The van der Waals surface area contributed by atoms with Crippen molar-refractivity contribution < 1.29 is 4.79 Å². The Hall–Kier alpha value is -1.09. The topological polar surface area (TPSA) is 59.8 Å². The maximum Gasteiger partial charge on any atom is 0.234 e. The van der Waals surface area contributed by atoms with Crippen molar-refractivity contribution in [2.45, 2.75) is 50.2 Å². The summed E-state index contributed by atoms with van der Waals surface area (Å²) in [7, 11) is 0. The molecule has 2 aromatic rings. The first kappa shape index (κ1) is 17.7. The van der Waals surface area contributed by atoms with Crippen LogP contribution in [0, 0.1) is 10.5 Å². The zero-order valence-corrected chi connectivity index (χ0v) is 16.6. The number of benzene rings is 1. The number of hydrogen-bond donors (Lipinski definition) is 1. The second-order valence-corrected chi connectivity index (χ2v) is 8.22. The van der Waals surface area contributed by atoms with Crippen molar-refractivity contribution >= 4 is 45.9 Å². The Labute approximate surface area is 160 Å². The molecule has 1 aliphatic rings. The van der Waals surface area contributed by atoms with Crippen LogP contribution in [-0.2, 0) is 4.79 Å². The van der Waals surface area contributed by atoms with Gasteiger partial charge in [0.25, 0.3) is 0 Å². The van der Waals surface area contributed by atoms with Crippen molar-refractivity contribution in [3.8, 4) is 0 Å². The Bertz CT molecular complexity index is 695. The first-order valence-electron chi connectivity index (χ1n) is 8.23. The summed E-state index contributed by atoms with van der Waals surface area (Å²) in [5.41, 5.74) is 0.825. The highest BCUT2D eigenvalue weighted by Crippen LogP contribution is 2.32. The first-order valence-corrected chi connectivity index (χ1v) is 10.3. The quantitative estimate of drug-likeness (QED) is 0.535. The van der Waals surface area contributed by atoms with Gasteiger partial charge in [-0.1, -0.05) is 31.0 Å². The third-order valence-electron chi connectivity index (χ3n) is 4.24. The van der Waals surface area contributed by atoms with Crippen LogP contribution in [-0.4, -0.2) is 26.4 Å². The summed E-state index contributed by atoms with van der Waals surface area (Å²) in [4.78, 5) is 12.2. The molecule has 1 heterocycles. The number of carbonyl (C=O) groups is 1. The zero-order chi connectivity index (χ0) is 16.9. The minimum atomic E-state index is -0.0166. The molecular weight excluding hydrogens is 435 g/mol. The van der Waals surface area contributed by atoms with E-state index < -0.39 is 0 Å². The normalized spacial score (nSPS) is 15.4. The Morgan fingerprint density at radius 1 is 1.25 bits per heavy atom. The van der Waals surface area contributed by atoms with Crippen molar-refractivity contribution in [2.75, 3.05) is 11.1 Å². The van der Waals surface area contributed by atoms with Crippen LogP contribution in [0.15, 0.2) is 29.4 Å². The number of amides is 1. The van der Waals surface area contributed by atoms with Gasteiger partial charge in [0, 0.05) is 15.3 Å². The number of rotatable bonds is 5. The number of halogens is 1. The average Bonchev–Trinajstić information content (AvgIpc) is 2.96. The molecule has 0 bridgehead atoms. The van der Waals surface area contributed by atoms with Crippen molar-refractivity contribution in [3.05, 3.63) is 33.7 Å².